The number of hydrogen-bond donors (Lipinski definition) is 1. The van der Waals surface area contributed by atoms with Crippen LogP contribution in [0, 0.1) is 0 Å². The van der Waals surface area contributed by atoms with Crippen molar-refractivity contribution in [3.63, 3.8) is 0 Å². The van der Waals surface area contributed by atoms with Crippen LogP contribution < -0.4 is 5.30 Å². The van der Waals surface area contributed by atoms with Crippen LogP contribution in [0.15, 0.2) is 84.9 Å². The number of nitrogens with zero attached hydrogens (tertiary/aromatic N) is 2. The molecule has 4 rings (SSSR count). The third-order valence-corrected chi connectivity index (χ3v) is 8.65. The summed E-state index contributed by atoms with van der Waals surface area (Å²) in [4.78, 5) is 0. The Kier molecular flexibility index (Phi) is 4.65. The molecule has 0 amide bonds. The average molecular weight is 378 g/mol. The Morgan fingerprint density at radius 3 is 1.56 bits per heavy atom. The summed E-state index contributed by atoms with van der Waals surface area (Å²) in [6.07, 6.45) is 0. The van der Waals surface area contributed by atoms with Crippen LogP contribution >= 0.6 is 7.44 Å². The van der Waals surface area contributed by atoms with Gasteiger partial charge in [0.25, 0.3) is 0 Å². The quantitative estimate of drug-likeness (QED) is 0.678. The number of para-hydroxylation sites is 1. The summed E-state index contributed by atoms with van der Waals surface area (Å²) in [6, 6.07) is 27.1. The van der Waals surface area contributed by atoms with Crippen LogP contribution in [0.25, 0.3) is 0 Å². The molecule has 0 aromatic heterocycles. The molecule has 2 atom stereocenters. The first-order chi connectivity index (χ1) is 13.0. The largest absolute Gasteiger partial charge is 0.507 e. The van der Waals surface area contributed by atoms with E-state index in [0.29, 0.717) is 5.30 Å². The summed E-state index contributed by atoms with van der Waals surface area (Å²) in [5.74, 6) is 0.0695. The lowest BCUT2D eigenvalue weighted by Gasteiger charge is -2.28. The molecule has 3 aromatic carbocycles. The van der Waals surface area contributed by atoms with Crippen molar-refractivity contribution >= 4 is 12.7 Å². The summed E-state index contributed by atoms with van der Waals surface area (Å²) in [6.45, 7) is 0. The number of rotatable bonds is 3. The van der Waals surface area contributed by atoms with E-state index in [4.69, 9.17) is 0 Å². The van der Waals surface area contributed by atoms with Gasteiger partial charge in [-0.15, -0.1) is 0 Å². The molecule has 4 nitrogen and oxygen atoms in total. The first kappa shape index (κ1) is 18.0. The Morgan fingerprint density at radius 1 is 0.704 bits per heavy atom. The van der Waals surface area contributed by atoms with Crippen LogP contribution in [-0.2, 0) is 4.57 Å². The molecule has 1 N–H and O–H groups in total. The second-order valence-corrected chi connectivity index (χ2v) is 9.72. The van der Waals surface area contributed by atoms with E-state index in [0.717, 1.165) is 11.1 Å². The Labute approximate surface area is 160 Å². The number of likely N-dealkylation sites (N-methyl/N-ethyl adjacent to an activating group) is 2. The van der Waals surface area contributed by atoms with Gasteiger partial charge < -0.3 is 5.11 Å². The highest BCUT2D eigenvalue weighted by molar-refractivity contribution is 7.67. The van der Waals surface area contributed by atoms with Crippen molar-refractivity contribution in [1.82, 2.24) is 9.34 Å². The maximum Gasteiger partial charge on any atom is 0.250 e. The lowest BCUT2D eigenvalue weighted by Crippen LogP contribution is -2.24. The van der Waals surface area contributed by atoms with E-state index < -0.39 is 7.44 Å². The molecule has 0 saturated carbocycles. The Morgan fingerprint density at radius 2 is 1.11 bits per heavy atom. The summed E-state index contributed by atoms with van der Waals surface area (Å²) >= 11 is 0. The van der Waals surface area contributed by atoms with Crippen molar-refractivity contribution in [2.45, 2.75) is 12.1 Å². The van der Waals surface area contributed by atoms with Gasteiger partial charge in [0.2, 0.25) is 7.44 Å². The average Bonchev–Trinajstić information content (AvgIpc) is 2.91. The monoisotopic (exact) mass is 378 g/mol. The standard InChI is InChI=1S/C22H23N2O2P/c1-23-21(17-11-5-3-6-12-17)22(18-13-7-4-8-14-18)24(2)27(23,26)20-16-10-9-15-19(20)25/h3-16,21-22,25H,1-2H3/t21-,22-/m1/s1. The van der Waals surface area contributed by atoms with Gasteiger partial charge in [0.1, 0.15) is 5.75 Å². The van der Waals surface area contributed by atoms with Gasteiger partial charge in [-0.2, -0.15) is 0 Å². The highest BCUT2D eigenvalue weighted by Gasteiger charge is 2.53. The van der Waals surface area contributed by atoms with Gasteiger partial charge >= 0.3 is 0 Å². The van der Waals surface area contributed by atoms with E-state index in [1.54, 1.807) is 18.2 Å². The number of hydrogen-bond acceptors (Lipinski definition) is 2. The maximum atomic E-state index is 14.4. The van der Waals surface area contributed by atoms with Gasteiger partial charge in [-0.1, -0.05) is 72.8 Å². The van der Waals surface area contributed by atoms with Crippen molar-refractivity contribution in [3.8, 4) is 5.75 Å². The number of benzene rings is 3. The molecular formula is C22H23N2O2P. The van der Waals surface area contributed by atoms with E-state index in [1.165, 1.54) is 0 Å². The minimum Gasteiger partial charge on any atom is -0.507 e. The number of phenolic OH excluding ortho intramolecular Hbond substituents is 1. The number of phenols is 1. The van der Waals surface area contributed by atoms with Crippen LogP contribution in [0.5, 0.6) is 5.75 Å². The van der Waals surface area contributed by atoms with Crippen molar-refractivity contribution in [1.29, 1.82) is 0 Å². The highest BCUT2D eigenvalue weighted by atomic mass is 31.2. The second kappa shape index (κ2) is 6.97. The molecule has 138 valence electrons. The van der Waals surface area contributed by atoms with Crippen LogP contribution in [0.1, 0.15) is 23.2 Å². The zero-order valence-electron chi connectivity index (χ0n) is 15.4. The first-order valence-electron chi connectivity index (χ1n) is 9.00. The molecule has 1 aliphatic rings. The SMILES string of the molecule is CN1[C@H](c2ccccc2)[C@@H](c2ccccc2)N(C)P1(=O)c1ccccc1O. The number of aromatic hydroxyl groups is 1. The minimum atomic E-state index is -3.17. The molecule has 27 heavy (non-hydrogen) atoms. The predicted octanol–water partition coefficient (Wildman–Crippen LogP) is 4.57. The van der Waals surface area contributed by atoms with E-state index in [9.17, 15) is 9.67 Å². The van der Waals surface area contributed by atoms with Crippen molar-refractivity contribution in [2.24, 2.45) is 0 Å². The first-order valence-corrected chi connectivity index (χ1v) is 10.6. The minimum absolute atomic E-state index is 0.0695. The highest BCUT2D eigenvalue weighted by Crippen LogP contribution is 2.67. The zero-order chi connectivity index (χ0) is 19.0. The Balaban J connectivity index is 1.92. The molecule has 0 aliphatic carbocycles. The fraction of sp³-hybridized carbons (Fsp3) is 0.182. The molecular weight excluding hydrogens is 355 g/mol. The molecule has 3 aromatic rings. The van der Waals surface area contributed by atoms with Gasteiger partial charge in [-0.25, -0.2) is 9.34 Å². The molecule has 1 aliphatic heterocycles. The van der Waals surface area contributed by atoms with Crippen LogP contribution in [-0.4, -0.2) is 28.5 Å². The summed E-state index contributed by atoms with van der Waals surface area (Å²) in [7, 11) is 0.618. The van der Waals surface area contributed by atoms with Gasteiger partial charge in [-0.05, 0) is 37.4 Å². The van der Waals surface area contributed by atoms with Gasteiger partial charge in [0, 0.05) is 0 Å². The summed E-state index contributed by atoms with van der Waals surface area (Å²) in [5, 5.41) is 10.9. The fourth-order valence-corrected chi connectivity index (χ4v) is 7.09. The van der Waals surface area contributed by atoms with Gasteiger partial charge in [0.15, 0.2) is 0 Å². The zero-order valence-corrected chi connectivity index (χ0v) is 16.3. The maximum absolute atomic E-state index is 14.4. The van der Waals surface area contributed by atoms with E-state index in [1.807, 2.05) is 65.9 Å². The Hall–Kier alpha value is -2.39. The third-order valence-electron chi connectivity index (χ3n) is 5.44. The molecule has 5 heteroatoms. The van der Waals surface area contributed by atoms with Crippen LogP contribution in [0.4, 0.5) is 0 Å². The van der Waals surface area contributed by atoms with Crippen molar-refractivity contribution in [3.05, 3.63) is 96.1 Å². The van der Waals surface area contributed by atoms with Gasteiger partial charge in [-0.3, -0.25) is 4.57 Å². The molecule has 1 fully saturated rings. The Bertz CT molecular complexity index is 922. The van der Waals surface area contributed by atoms with Crippen LogP contribution in [0.3, 0.4) is 0 Å². The van der Waals surface area contributed by atoms with E-state index in [-0.39, 0.29) is 17.8 Å². The smallest absolute Gasteiger partial charge is 0.250 e. The van der Waals surface area contributed by atoms with Crippen molar-refractivity contribution < 1.29 is 9.67 Å². The summed E-state index contributed by atoms with van der Waals surface area (Å²) < 4.78 is 18.2. The molecule has 1 saturated heterocycles. The second-order valence-electron chi connectivity index (χ2n) is 6.89. The molecule has 0 radical (unpaired) electrons. The molecule has 0 unspecified atom stereocenters. The van der Waals surface area contributed by atoms with E-state index >= 15 is 0 Å². The van der Waals surface area contributed by atoms with E-state index in [2.05, 4.69) is 24.3 Å². The summed E-state index contributed by atoms with van der Waals surface area (Å²) in [5.41, 5.74) is 2.21. The van der Waals surface area contributed by atoms with Crippen molar-refractivity contribution in [2.75, 3.05) is 14.1 Å². The van der Waals surface area contributed by atoms with Crippen LogP contribution in [0.2, 0.25) is 0 Å². The lowest BCUT2D eigenvalue weighted by molar-refractivity contribution is 0.316. The molecule has 1 heterocycles. The molecule has 0 bridgehead atoms. The predicted molar refractivity (Wildman–Crippen MR) is 109 cm³/mol. The lowest BCUT2D eigenvalue weighted by atomic mass is 9.93. The normalized spacial score (nSPS) is 22.7. The molecule has 0 spiro atoms. The topological polar surface area (TPSA) is 43.8 Å². The fourth-order valence-electron chi connectivity index (χ4n) is 4.12. The van der Waals surface area contributed by atoms with Gasteiger partial charge in [0.05, 0.1) is 17.4 Å². The third kappa shape index (κ3) is 2.81.